The Hall–Kier alpha value is -4.12. The number of nitrogens with one attached hydrogen (secondary N) is 1. The van der Waals surface area contributed by atoms with Crippen LogP contribution in [0.25, 0.3) is 0 Å². The molecule has 0 saturated heterocycles. The van der Waals surface area contributed by atoms with Crippen LogP contribution in [-0.2, 0) is 26.2 Å². The fourth-order valence-corrected chi connectivity index (χ4v) is 5.68. The molecule has 0 heterocycles. The number of carbonyl (C=O) groups excluding carboxylic acids is 2. The predicted octanol–water partition coefficient (Wildman–Crippen LogP) is 4.68. The van der Waals surface area contributed by atoms with Crippen LogP contribution in [-0.4, -0.2) is 58.5 Å². The molecule has 0 unspecified atom stereocenters. The minimum absolute atomic E-state index is 0.0785. The molecule has 0 aliphatic heterocycles. The lowest BCUT2D eigenvalue weighted by Gasteiger charge is -2.32. The number of benzene rings is 3. The molecule has 2 amide bonds. The van der Waals surface area contributed by atoms with E-state index in [9.17, 15) is 22.4 Å². The number of methoxy groups -OCH3 is 2. The molecule has 0 aliphatic carbocycles. The number of unbranched alkanes of at least 4 members (excludes halogenated alkanes) is 1. The molecule has 0 saturated carbocycles. The first kappa shape index (κ1) is 32.4. The summed E-state index contributed by atoms with van der Waals surface area (Å²) in [5.41, 5.74) is 1.89. The van der Waals surface area contributed by atoms with Crippen LogP contribution >= 0.6 is 0 Å². The molecule has 11 heteroatoms. The molecule has 0 aliphatic rings. The number of rotatable bonds is 14. The van der Waals surface area contributed by atoms with Crippen LogP contribution in [0.5, 0.6) is 11.5 Å². The van der Waals surface area contributed by atoms with Crippen molar-refractivity contribution in [3.63, 3.8) is 0 Å². The standard InChI is InChI=1S/C31H38FN3O6S/c1-6-7-18-33-31(37)23(3)34(20-24-10-8-22(2)9-11-24)30(36)21-35(26-14-12-25(32)13-15-26)42(38,39)27-16-17-28(40-4)29(19-27)41-5/h8-17,19,23H,6-7,18,20-21H2,1-5H3,(H,33,37)/t23-/m0/s1. The van der Waals surface area contributed by atoms with E-state index in [1.807, 2.05) is 38.1 Å². The van der Waals surface area contributed by atoms with Crippen LogP contribution in [0.1, 0.15) is 37.8 Å². The maximum atomic E-state index is 14.0. The second-order valence-corrected chi connectivity index (χ2v) is 11.7. The number of hydrogen-bond acceptors (Lipinski definition) is 6. The predicted molar refractivity (Wildman–Crippen MR) is 160 cm³/mol. The molecular formula is C31H38FN3O6S. The molecule has 1 atom stereocenters. The van der Waals surface area contributed by atoms with Crippen molar-refractivity contribution in [3.8, 4) is 11.5 Å². The molecule has 226 valence electrons. The Morgan fingerprint density at radius 3 is 2.19 bits per heavy atom. The largest absolute Gasteiger partial charge is 0.493 e. The molecule has 3 rings (SSSR count). The van der Waals surface area contributed by atoms with Gasteiger partial charge >= 0.3 is 0 Å². The number of aryl methyl sites for hydroxylation is 1. The van der Waals surface area contributed by atoms with Crippen LogP contribution in [0.2, 0.25) is 0 Å². The van der Waals surface area contributed by atoms with Crippen molar-refractivity contribution in [2.24, 2.45) is 0 Å². The SMILES string of the molecule is CCCCNC(=O)[C@H](C)N(Cc1ccc(C)cc1)C(=O)CN(c1ccc(F)cc1)S(=O)(=O)c1ccc(OC)c(OC)c1. The maximum Gasteiger partial charge on any atom is 0.264 e. The zero-order valence-corrected chi connectivity index (χ0v) is 25.4. The summed E-state index contributed by atoms with van der Waals surface area (Å²) >= 11 is 0. The van der Waals surface area contributed by atoms with Crippen molar-refractivity contribution in [1.29, 1.82) is 0 Å². The normalized spacial score (nSPS) is 11.9. The second-order valence-electron chi connectivity index (χ2n) is 9.83. The smallest absolute Gasteiger partial charge is 0.264 e. The maximum absolute atomic E-state index is 14.0. The Labute approximate surface area is 247 Å². The monoisotopic (exact) mass is 599 g/mol. The van der Waals surface area contributed by atoms with Crippen LogP contribution in [0.15, 0.2) is 71.6 Å². The average Bonchev–Trinajstić information content (AvgIpc) is 2.99. The van der Waals surface area contributed by atoms with Crippen molar-refractivity contribution in [1.82, 2.24) is 10.2 Å². The number of sulfonamides is 1. The fraction of sp³-hybridized carbons (Fsp3) is 0.355. The number of ether oxygens (including phenoxy) is 2. The molecule has 3 aromatic carbocycles. The van der Waals surface area contributed by atoms with E-state index in [2.05, 4.69) is 5.32 Å². The molecule has 0 spiro atoms. The van der Waals surface area contributed by atoms with E-state index in [4.69, 9.17) is 9.47 Å². The molecule has 9 nitrogen and oxygen atoms in total. The number of hydrogen-bond donors (Lipinski definition) is 1. The highest BCUT2D eigenvalue weighted by atomic mass is 32.2. The van der Waals surface area contributed by atoms with Crippen molar-refractivity contribution >= 4 is 27.5 Å². The van der Waals surface area contributed by atoms with Gasteiger partial charge in [0.05, 0.1) is 24.8 Å². The number of nitrogens with zero attached hydrogens (tertiary/aromatic N) is 2. The first-order valence-electron chi connectivity index (χ1n) is 13.6. The number of anilines is 1. The summed E-state index contributed by atoms with van der Waals surface area (Å²) in [6.45, 7) is 5.46. The molecule has 0 aromatic heterocycles. The van der Waals surface area contributed by atoms with E-state index < -0.39 is 34.3 Å². The lowest BCUT2D eigenvalue weighted by Crippen LogP contribution is -2.51. The third-order valence-electron chi connectivity index (χ3n) is 6.81. The summed E-state index contributed by atoms with van der Waals surface area (Å²) in [7, 11) is -1.56. The van der Waals surface area contributed by atoms with Crippen molar-refractivity contribution in [2.45, 2.75) is 51.1 Å². The Balaban J connectivity index is 2.03. The summed E-state index contributed by atoms with van der Waals surface area (Å²) in [4.78, 5) is 28.2. The topological polar surface area (TPSA) is 105 Å². The minimum atomic E-state index is -4.37. The molecule has 0 radical (unpaired) electrons. The molecule has 0 bridgehead atoms. The van der Waals surface area contributed by atoms with Crippen LogP contribution in [0.3, 0.4) is 0 Å². The Kier molecular flexibility index (Phi) is 11.3. The summed E-state index contributed by atoms with van der Waals surface area (Å²) < 4.78 is 53.2. The van der Waals surface area contributed by atoms with Crippen molar-refractivity contribution < 1.29 is 31.9 Å². The molecule has 3 aromatic rings. The lowest BCUT2D eigenvalue weighted by molar-refractivity contribution is -0.139. The van der Waals surface area contributed by atoms with E-state index in [1.54, 1.807) is 6.92 Å². The third-order valence-corrected chi connectivity index (χ3v) is 8.58. The first-order valence-corrected chi connectivity index (χ1v) is 15.1. The summed E-state index contributed by atoms with van der Waals surface area (Å²) in [6, 6.07) is 15.5. The average molecular weight is 600 g/mol. The van der Waals surface area contributed by atoms with Crippen LogP contribution < -0.4 is 19.1 Å². The lowest BCUT2D eigenvalue weighted by atomic mass is 10.1. The fourth-order valence-electron chi connectivity index (χ4n) is 4.25. The van der Waals surface area contributed by atoms with Crippen LogP contribution in [0, 0.1) is 12.7 Å². The van der Waals surface area contributed by atoms with Gasteiger partial charge in [0.2, 0.25) is 11.8 Å². The first-order chi connectivity index (χ1) is 20.0. The van der Waals surface area contributed by atoms with E-state index in [0.717, 1.165) is 40.4 Å². The van der Waals surface area contributed by atoms with Gasteiger partial charge in [-0.2, -0.15) is 0 Å². The minimum Gasteiger partial charge on any atom is -0.493 e. The van der Waals surface area contributed by atoms with E-state index in [-0.39, 0.29) is 28.8 Å². The van der Waals surface area contributed by atoms with Gasteiger partial charge < -0.3 is 19.7 Å². The van der Waals surface area contributed by atoms with E-state index in [0.29, 0.717) is 12.3 Å². The van der Waals surface area contributed by atoms with Crippen molar-refractivity contribution in [3.05, 3.63) is 83.7 Å². The summed E-state index contributed by atoms with van der Waals surface area (Å²) in [6.07, 6.45) is 1.67. The van der Waals surface area contributed by atoms with Gasteiger partial charge in [-0.3, -0.25) is 13.9 Å². The highest BCUT2D eigenvalue weighted by Gasteiger charge is 2.33. The highest BCUT2D eigenvalue weighted by molar-refractivity contribution is 7.92. The third kappa shape index (κ3) is 8.00. The highest BCUT2D eigenvalue weighted by Crippen LogP contribution is 2.32. The Morgan fingerprint density at radius 2 is 1.60 bits per heavy atom. The second kappa shape index (κ2) is 14.7. The molecule has 1 N–H and O–H groups in total. The number of amides is 2. The Morgan fingerprint density at radius 1 is 0.952 bits per heavy atom. The van der Waals surface area contributed by atoms with Gasteiger partial charge in [0.1, 0.15) is 18.4 Å². The van der Waals surface area contributed by atoms with Crippen LogP contribution in [0.4, 0.5) is 10.1 Å². The number of halogens is 1. The van der Waals surface area contributed by atoms with Gasteiger partial charge in [0.15, 0.2) is 11.5 Å². The molecule has 42 heavy (non-hydrogen) atoms. The Bertz CT molecular complexity index is 1460. The van der Waals surface area contributed by atoms with Gasteiger partial charge in [0, 0.05) is 19.2 Å². The van der Waals surface area contributed by atoms with Gasteiger partial charge in [0.25, 0.3) is 10.0 Å². The van der Waals surface area contributed by atoms with Crippen molar-refractivity contribution in [2.75, 3.05) is 31.6 Å². The zero-order valence-electron chi connectivity index (χ0n) is 24.6. The van der Waals surface area contributed by atoms with Gasteiger partial charge in [-0.15, -0.1) is 0 Å². The summed E-state index contributed by atoms with van der Waals surface area (Å²) in [5, 5.41) is 2.85. The van der Waals surface area contributed by atoms with E-state index in [1.165, 1.54) is 49.5 Å². The summed E-state index contributed by atoms with van der Waals surface area (Å²) in [5.74, 6) is -1.01. The van der Waals surface area contributed by atoms with Gasteiger partial charge in [-0.05, 0) is 62.2 Å². The molecular weight excluding hydrogens is 561 g/mol. The van der Waals surface area contributed by atoms with Gasteiger partial charge in [-0.25, -0.2) is 12.8 Å². The molecule has 0 fully saturated rings. The zero-order chi connectivity index (χ0) is 30.9. The van der Waals surface area contributed by atoms with Gasteiger partial charge in [-0.1, -0.05) is 43.2 Å². The number of carbonyl (C=O) groups is 2. The van der Waals surface area contributed by atoms with E-state index >= 15 is 0 Å². The quantitative estimate of drug-likeness (QED) is 0.270.